The van der Waals surface area contributed by atoms with Crippen LogP contribution in [0.3, 0.4) is 0 Å². The summed E-state index contributed by atoms with van der Waals surface area (Å²) in [5, 5.41) is 0. The van der Waals surface area contributed by atoms with Crippen molar-refractivity contribution >= 4 is 12.2 Å². The van der Waals surface area contributed by atoms with Crippen molar-refractivity contribution in [3.63, 3.8) is 0 Å². The number of ether oxygens (including phenoxy) is 2. The summed E-state index contributed by atoms with van der Waals surface area (Å²) in [4.78, 5) is 11.2. The molecule has 0 aromatic heterocycles. The van der Waals surface area contributed by atoms with Crippen molar-refractivity contribution in [1.82, 2.24) is 0 Å². The highest BCUT2D eigenvalue weighted by Crippen LogP contribution is 2.19. The molecule has 15 heavy (non-hydrogen) atoms. The van der Waals surface area contributed by atoms with Crippen LogP contribution in [0.5, 0.6) is 5.75 Å². The van der Waals surface area contributed by atoms with Crippen LogP contribution in [0, 0.1) is 0 Å². The van der Waals surface area contributed by atoms with E-state index in [9.17, 15) is 4.79 Å². The van der Waals surface area contributed by atoms with Gasteiger partial charge in [0.25, 0.3) is 0 Å². The van der Waals surface area contributed by atoms with Crippen molar-refractivity contribution in [2.75, 3.05) is 0 Å². The lowest BCUT2D eigenvalue weighted by atomic mass is 10.2. The lowest BCUT2D eigenvalue weighted by Crippen LogP contribution is -2.15. The minimum atomic E-state index is -0.695. The standard InChI is InChI=1S/C12H14O3/c1-4-10-7-5-6-8-11(10)15-12(13)14-9(2)3/h4-9H,1H2,2-3H3. The van der Waals surface area contributed by atoms with Gasteiger partial charge in [0.2, 0.25) is 0 Å². The number of hydrogen-bond donors (Lipinski definition) is 0. The molecule has 1 rings (SSSR count). The molecule has 0 aliphatic rings. The predicted molar refractivity (Wildman–Crippen MR) is 58.8 cm³/mol. The molecule has 80 valence electrons. The molecule has 0 bridgehead atoms. The molecular formula is C12H14O3. The molecule has 0 saturated heterocycles. The van der Waals surface area contributed by atoms with Gasteiger partial charge in [-0.1, -0.05) is 30.9 Å². The predicted octanol–water partition coefficient (Wildman–Crippen LogP) is 3.25. The van der Waals surface area contributed by atoms with Crippen molar-refractivity contribution < 1.29 is 14.3 Å². The molecule has 0 spiro atoms. The van der Waals surface area contributed by atoms with E-state index in [0.29, 0.717) is 5.75 Å². The van der Waals surface area contributed by atoms with Gasteiger partial charge in [0.1, 0.15) is 5.75 Å². The number of hydrogen-bond acceptors (Lipinski definition) is 3. The van der Waals surface area contributed by atoms with Crippen LogP contribution in [-0.2, 0) is 4.74 Å². The van der Waals surface area contributed by atoms with Crippen molar-refractivity contribution in [2.45, 2.75) is 20.0 Å². The first-order valence-electron chi connectivity index (χ1n) is 4.73. The van der Waals surface area contributed by atoms with Gasteiger partial charge < -0.3 is 9.47 Å². The van der Waals surface area contributed by atoms with Crippen LogP contribution in [0.1, 0.15) is 19.4 Å². The zero-order valence-corrected chi connectivity index (χ0v) is 8.90. The van der Waals surface area contributed by atoms with E-state index in [4.69, 9.17) is 9.47 Å². The normalized spacial score (nSPS) is 9.80. The van der Waals surface area contributed by atoms with E-state index < -0.39 is 6.16 Å². The Morgan fingerprint density at radius 1 is 1.40 bits per heavy atom. The SMILES string of the molecule is C=Cc1ccccc1OC(=O)OC(C)C. The Morgan fingerprint density at radius 3 is 2.67 bits per heavy atom. The molecule has 1 aromatic rings. The van der Waals surface area contributed by atoms with Gasteiger partial charge in [0.15, 0.2) is 0 Å². The first-order valence-corrected chi connectivity index (χ1v) is 4.73. The third-order valence-corrected chi connectivity index (χ3v) is 1.66. The van der Waals surface area contributed by atoms with Crippen LogP contribution >= 0.6 is 0 Å². The van der Waals surface area contributed by atoms with Gasteiger partial charge in [-0.25, -0.2) is 4.79 Å². The van der Waals surface area contributed by atoms with Crippen molar-refractivity contribution in [3.8, 4) is 5.75 Å². The van der Waals surface area contributed by atoms with Crippen molar-refractivity contribution in [3.05, 3.63) is 36.4 Å². The minimum absolute atomic E-state index is 0.187. The van der Waals surface area contributed by atoms with E-state index >= 15 is 0 Å². The van der Waals surface area contributed by atoms with E-state index in [1.54, 1.807) is 32.1 Å². The van der Waals surface area contributed by atoms with Gasteiger partial charge in [0, 0.05) is 5.56 Å². The molecule has 0 unspecified atom stereocenters. The molecular weight excluding hydrogens is 192 g/mol. The van der Waals surface area contributed by atoms with E-state index in [-0.39, 0.29) is 6.10 Å². The fourth-order valence-corrected chi connectivity index (χ4v) is 1.05. The second-order valence-corrected chi connectivity index (χ2v) is 3.26. The molecule has 3 nitrogen and oxygen atoms in total. The monoisotopic (exact) mass is 206 g/mol. The zero-order chi connectivity index (χ0) is 11.3. The highest BCUT2D eigenvalue weighted by molar-refractivity contribution is 5.67. The Labute approximate surface area is 89.3 Å². The van der Waals surface area contributed by atoms with Gasteiger partial charge in [-0.05, 0) is 19.9 Å². The summed E-state index contributed by atoms with van der Waals surface area (Å²) < 4.78 is 9.87. The second-order valence-electron chi connectivity index (χ2n) is 3.26. The number of para-hydroxylation sites is 1. The quantitative estimate of drug-likeness (QED) is 0.562. The van der Waals surface area contributed by atoms with E-state index in [2.05, 4.69) is 6.58 Å². The Bertz CT molecular complexity index is 356. The van der Waals surface area contributed by atoms with Gasteiger partial charge in [-0.15, -0.1) is 0 Å². The highest BCUT2D eigenvalue weighted by atomic mass is 16.7. The summed E-state index contributed by atoms with van der Waals surface area (Å²) in [7, 11) is 0. The molecule has 0 heterocycles. The molecule has 3 heteroatoms. The summed E-state index contributed by atoms with van der Waals surface area (Å²) in [6, 6.07) is 7.13. The van der Waals surface area contributed by atoms with Crippen LogP contribution in [0.2, 0.25) is 0 Å². The number of carbonyl (C=O) groups excluding carboxylic acids is 1. The van der Waals surface area contributed by atoms with Crippen LogP contribution in [0.4, 0.5) is 4.79 Å². The van der Waals surface area contributed by atoms with Crippen LogP contribution in [0.15, 0.2) is 30.8 Å². The summed E-state index contributed by atoms with van der Waals surface area (Å²) in [5.41, 5.74) is 0.762. The summed E-state index contributed by atoms with van der Waals surface area (Å²) in [6.07, 6.45) is 0.741. The molecule has 0 fully saturated rings. The number of rotatable bonds is 3. The van der Waals surface area contributed by atoms with Crippen LogP contribution in [0.25, 0.3) is 6.08 Å². The molecule has 0 aliphatic heterocycles. The summed E-state index contributed by atoms with van der Waals surface area (Å²) >= 11 is 0. The fourth-order valence-electron chi connectivity index (χ4n) is 1.05. The molecule has 1 aromatic carbocycles. The van der Waals surface area contributed by atoms with Gasteiger partial charge in [0.05, 0.1) is 6.10 Å². The summed E-state index contributed by atoms with van der Waals surface area (Å²) in [5.74, 6) is 0.457. The average molecular weight is 206 g/mol. The Morgan fingerprint density at radius 2 is 2.07 bits per heavy atom. The Balaban J connectivity index is 2.71. The highest BCUT2D eigenvalue weighted by Gasteiger charge is 2.09. The lowest BCUT2D eigenvalue weighted by molar-refractivity contribution is 0.0728. The molecule has 0 amide bonds. The third-order valence-electron chi connectivity index (χ3n) is 1.66. The topological polar surface area (TPSA) is 35.5 Å². The molecule has 0 N–H and O–H groups in total. The summed E-state index contributed by atoms with van der Waals surface area (Å²) in [6.45, 7) is 7.16. The third kappa shape index (κ3) is 3.46. The van der Waals surface area contributed by atoms with Crippen molar-refractivity contribution in [2.24, 2.45) is 0 Å². The maximum atomic E-state index is 11.2. The van der Waals surface area contributed by atoms with Gasteiger partial charge in [-0.2, -0.15) is 0 Å². The Hall–Kier alpha value is -1.77. The van der Waals surface area contributed by atoms with Crippen LogP contribution in [-0.4, -0.2) is 12.3 Å². The molecule has 0 aliphatic carbocycles. The smallest absolute Gasteiger partial charge is 0.431 e. The number of carbonyl (C=O) groups is 1. The van der Waals surface area contributed by atoms with E-state index in [0.717, 1.165) is 5.56 Å². The number of benzene rings is 1. The molecule has 0 atom stereocenters. The molecule has 0 saturated carbocycles. The van der Waals surface area contributed by atoms with Gasteiger partial charge >= 0.3 is 6.16 Å². The minimum Gasteiger partial charge on any atom is -0.431 e. The lowest BCUT2D eigenvalue weighted by Gasteiger charge is -2.09. The Kier molecular flexibility index (Phi) is 3.92. The zero-order valence-electron chi connectivity index (χ0n) is 8.90. The average Bonchev–Trinajstić information content (AvgIpc) is 2.17. The molecule has 0 radical (unpaired) electrons. The van der Waals surface area contributed by atoms with Crippen molar-refractivity contribution in [1.29, 1.82) is 0 Å². The van der Waals surface area contributed by atoms with Crippen LogP contribution < -0.4 is 4.74 Å². The first-order chi connectivity index (χ1) is 7.13. The van der Waals surface area contributed by atoms with E-state index in [1.807, 2.05) is 12.1 Å². The first kappa shape index (κ1) is 11.3. The maximum Gasteiger partial charge on any atom is 0.514 e. The van der Waals surface area contributed by atoms with E-state index in [1.165, 1.54) is 0 Å². The largest absolute Gasteiger partial charge is 0.514 e. The second kappa shape index (κ2) is 5.20. The maximum absolute atomic E-state index is 11.2. The fraction of sp³-hybridized carbons (Fsp3) is 0.250. The van der Waals surface area contributed by atoms with Gasteiger partial charge in [-0.3, -0.25) is 0 Å².